The maximum absolute atomic E-state index is 4.17. The van der Waals surface area contributed by atoms with E-state index in [9.17, 15) is 0 Å². The number of nitrogens with zero attached hydrogens (tertiary/aromatic N) is 3. The molecule has 1 aromatic carbocycles. The van der Waals surface area contributed by atoms with Gasteiger partial charge in [0.25, 0.3) is 0 Å². The normalized spacial score (nSPS) is 10.3. The second-order valence-corrected chi connectivity index (χ2v) is 3.54. The van der Waals surface area contributed by atoms with Gasteiger partial charge in [0, 0.05) is 17.1 Å². The summed E-state index contributed by atoms with van der Waals surface area (Å²) in [5, 5.41) is 4.02. The van der Waals surface area contributed by atoms with Crippen molar-refractivity contribution in [3.05, 3.63) is 35.1 Å². The molecule has 0 atom stereocenters. The quantitative estimate of drug-likeness (QED) is 0.762. The number of aromatic nitrogens is 3. The van der Waals surface area contributed by atoms with Crippen LogP contribution < -0.4 is 0 Å². The molecule has 2 rings (SSSR count). The zero-order chi connectivity index (χ0) is 9.26. The Morgan fingerprint density at radius 1 is 1.31 bits per heavy atom. The van der Waals surface area contributed by atoms with E-state index in [-0.39, 0.29) is 0 Å². The number of halogens is 1. The molecule has 0 aliphatic carbocycles. The maximum atomic E-state index is 4.17. The van der Waals surface area contributed by atoms with E-state index in [1.165, 1.54) is 0 Å². The van der Waals surface area contributed by atoms with E-state index in [1.54, 1.807) is 11.0 Å². The van der Waals surface area contributed by atoms with Crippen molar-refractivity contribution in [1.29, 1.82) is 0 Å². The molecule has 0 fully saturated rings. The van der Waals surface area contributed by atoms with Crippen LogP contribution in [0.25, 0.3) is 11.4 Å². The van der Waals surface area contributed by atoms with Gasteiger partial charge in [-0.25, -0.2) is 9.67 Å². The van der Waals surface area contributed by atoms with Crippen molar-refractivity contribution in [1.82, 2.24) is 14.8 Å². The molecule has 0 aliphatic heterocycles. The molecule has 0 N–H and O–H groups in total. The average molecular weight is 238 g/mol. The van der Waals surface area contributed by atoms with Crippen LogP contribution in [0, 0.1) is 0 Å². The predicted octanol–water partition coefficient (Wildman–Crippen LogP) is 2.24. The van der Waals surface area contributed by atoms with E-state index < -0.39 is 0 Å². The van der Waals surface area contributed by atoms with Crippen molar-refractivity contribution >= 4 is 15.9 Å². The predicted molar refractivity (Wildman–Crippen MR) is 54.1 cm³/mol. The number of hydrogen-bond acceptors (Lipinski definition) is 2. The molecular formula is C9H8BrN3. The van der Waals surface area contributed by atoms with Crippen LogP contribution in [0.4, 0.5) is 0 Å². The lowest BCUT2D eigenvalue weighted by Gasteiger charge is -2.01. The van der Waals surface area contributed by atoms with E-state index in [4.69, 9.17) is 0 Å². The molecule has 4 heteroatoms. The third-order valence-corrected chi connectivity index (χ3v) is 2.52. The first kappa shape index (κ1) is 8.44. The molecule has 66 valence electrons. The average Bonchev–Trinajstić information content (AvgIpc) is 2.52. The number of aryl methyl sites for hydroxylation is 1. The molecule has 0 aliphatic rings. The van der Waals surface area contributed by atoms with Crippen molar-refractivity contribution in [3.8, 4) is 11.4 Å². The van der Waals surface area contributed by atoms with E-state index >= 15 is 0 Å². The van der Waals surface area contributed by atoms with E-state index in [1.807, 2.05) is 31.3 Å². The standard InChI is InChI=1S/C9H8BrN3/c1-13-9(11-6-12-13)7-4-2-3-5-8(7)10/h2-6H,1H3. The lowest BCUT2D eigenvalue weighted by molar-refractivity contribution is 0.774. The summed E-state index contributed by atoms with van der Waals surface area (Å²) in [5.41, 5.74) is 1.06. The summed E-state index contributed by atoms with van der Waals surface area (Å²) in [5.74, 6) is 0.868. The second kappa shape index (κ2) is 3.30. The largest absolute Gasteiger partial charge is 0.249 e. The Hall–Kier alpha value is -1.16. The zero-order valence-electron chi connectivity index (χ0n) is 7.11. The van der Waals surface area contributed by atoms with E-state index in [0.717, 1.165) is 15.9 Å². The summed E-state index contributed by atoms with van der Waals surface area (Å²) >= 11 is 3.47. The summed E-state index contributed by atoms with van der Waals surface area (Å²) in [6.45, 7) is 0. The van der Waals surface area contributed by atoms with Gasteiger partial charge in [-0.3, -0.25) is 0 Å². The molecule has 0 amide bonds. The molecule has 3 nitrogen and oxygen atoms in total. The van der Waals surface area contributed by atoms with Gasteiger partial charge in [0.2, 0.25) is 0 Å². The van der Waals surface area contributed by atoms with Crippen LogP contribution in [-0.2, 0) is 7.05 Å². The number of hydrogen-bond donors (Lipinski definition) is 0. The summed E-state index contributed by atoms with van der Waals surface area (Å²) in [4.78, 5) is 4.17. The number of rotatable bonds is 1. The van der Waals surface area contributed by atoms with Gasteiger partial charge >= 0.3 is 0 Å². The van der Waals surface area contributed by atoms with Gasteiger partial charge in [-0.1, -0.05) is 34.1 Å². The van der Waals surface area contributed by atoms with Crippen molar-refractivity contribution in [2.45, 2.75) is 0 Å². The van der Waals surface area contributed by atoms with E-state index in [0.29, 0.717) is 0 Å². The fourth-order valence-electron chi connectivity index (χ4n) is 1.18. The molecule has 0 saturated carbocycles. The number of benzene rings is 1. The first-order valence-electron chi connectivity index (χ1n) is 3.88. The van der Waals surface area contributed by atoms with Crippen LogP contribution in [0.15, 0.2) is 35.1 Å². The molecule has 0 unspecified atom stereocenters. The third-order valence-electron chi connectivity index (χ3n) is 1.83. The molecular weight excluding hydrogens is 230 g/mol. The van der Waals surface area contributed by atoms with Crippen molar-refractivity contribution in [3.63, 3.8) is 0 Å². The minimum absolute atomic E-state index is 0.868. The maximum Gasteiger partial charge on any atom is 0.158 e. The van der Waals surface area contributed by atoms with Gasteiger partial charge in [0.05, 0.1) is 0 Å². The summed E-state index contributed by atoms with van der Waals surface area (Å²) < 4.78 is 2.78. The smallest absolute Gasteiger partial charge is 0.158 e. The highest BCUT2D eigenvalue weighted by molar-refractivity contribution is 9.10. The molecule has 1 heterocycles. The molecule has 0 radical (unpaired) electrons. The minimum Gasteiger partial charge on any atom is -0.249 e. The lowest BCUT2D eigenvalue weighted by atomic mass is 10.2. The Kier molecular flexibility index (Phi) is 2.14. The highest BCUT2D eigenvalue weighted by Crippen LogP contribution is 2.25. The highest BCUT2D eigenvalue weighted by Gasteiger charge is 2.06. The van der Waals surface area contributed by atoms with Gasteiger partial charge < -0.3 is 0 Å². The van der Waals surface area contributed by atoms with Gasteiger partial charge in [0.1, 0.15) is 6.33 Å². The summed E-state index contributed by atoms with van der Waals surface area (Å²) in [6, 6.07) is 7.96. The first-order valence-corrected chi connectivity index (χ1v) is 4.67. The molecule has 0 spiro atoms. The van der Waals surface area contributed by atoms with Crippen molar-refractivity contribution < 1.29 is 0 Å². The van der Waals surface area contributed by atoms with Gasteiger partial charge in [0.15, 0.2) is 5.82 Å². The lowest BCUT2D eigenvalue weighted by Crippen LogP contribution is -1.94. The minimum atomic E-state index is 0.868. The highest BCUT2D eigenvalue weighted by atomic mass is 79.9. The van der Waals surface area contributed by atoms with Crippen LogP contribution in [0.2, 0.25) is 0 Å². The zero-order valence-corrected chi connectivity index (χ0v) is 8.69. The summed E-state index contributed by atoms with van der Waals surface area (Å²) in [6.07, 6.45) is 1.55. The van der Waals surface area contributed by atoms with Gasteiger partial charge in [-0.2, -0.15) is 5.10 Å². The van der Waals surface area contributed by atoms with Crippen LogP contribution in [0.3, 0.4) is 0 Å². The van der Waals surface area contributed by atoms with E-state index in [2.05, 4.69) is 26.0 Å². The first-order chi connectivity index (χ1) is 6.29. The SMILES string of the molecule is Cn1ncnc1-c1ccccc1Br. The Labute approximate surface area is 84.5 Å². The second-order valence-electron chi connectivity index (χ2n) is 2.69. The monoisotopic (exact) mass is 237 g/mol. The van der Waals surface area contributed by atoms with Gasteiger partial charge in [-0.15, -0.1) is 0 Å². The molecule has 1 aromatic heterocycles. The van der Waals surface area contributed by atoms with Crippen molar-refractivity contribution in [2.75, 3.05) is 0 Å². The Morgan fingerprint density at radius 3 is 2.69 bits per heavy atom. The van der Waals surface area contributed by atoms with Crippen LogP contribution in [0.1, 0.15) is 0 Å². The van der Waals surface area contributed by atoms with Crippen LogP contribution >= 0.6 is 15.9 Å². The molecule has 2 aromatic rings. The molecule has 0 bridgehead atoms. The van der Waals surface area contributed by atoms with Crippen LogP contribution in [-0.4, -0.2) is 14.8 Å². The Morgan fingerprint density at radius 2 is 2.08 bits per heavy atom. The Bertz CT molecular complexity index is 422. The third kappa shape index (κ3) is 1.49. The molecule has 13 heavy (non-hydrogen) atoms. The van der Waals surface area contributed by atoms with Gasteiger partial charge in [-0.05, 0) is 6.07 Å². The summed E-state index contributed by atoms with van der Waals surface area (Å²) in [7, 11) is 1.88. The fourth-order valence-corrected chi connectivity index (χ4v) is 1.64. The fraction of sp³-hybridized carbons (Fsp3) is 0.111. The topological polar surface area (TPSA) is 30.7 Å². The van der Waals surface area contributed by atoms with Crippen molar-refractivity contribution in [2.24, 2.45) is 7.05 Å². The van der Waals surface area contributed by atoms with Crippen LogP contribution in [0.5, 0.6) is 0 Å². The molecule has 0 saturated heterocycles. The Balaban J connectivity index is 2.59.